The maximum absolute atomic E-state index is 12.1. The first kappa shape index (κ1) is 39.0. The Labute approximate surface area is 243 Å². The summed E-state index contributed by atoms with van der Waals surface area (Å²) < 4.78 is 21.5. The Morgan fingerprint density at radius 1 is 1.23 bits per heavy atom. The first-order chi connectivity index (χ1) is 18.8. The van der Waals surface area contributed by atoms with E-state index < -0.39 is 6.67 Å². The molecular weight excluding hydrogens is 515 g/mol. The van der Waals surface area contributed by atoms with Gasteiger partial charge in [0.2, 0.25) is 5.91 Å². The molecule has 5 nitrogen and oxygen atoms in total. The Bertz CT molecular complexity index is 871. The van der Waals surface area contributed by atoms with Gasteiger partial charge in [0.15, 0.2) is 0 Å². The first-order valence-electron chi connectivity index (χ1n) is 14.3. The largest absolute Gasteiger partial charge is 0.491 e. The third kappa shape index (κ3) is 16.5. The summed E-state index contributed by atoms with van der Waals surface area (Å²) in [7, 11) is 1.67. The van der Waals surface area contributed by atoms with Crippen LogP contribution in [0.5, 0.6) is 5.75 Å². The predicted octanol–water partition coefficient (Wildman–Crippen LogP) is 8.69. The Morgan fingerprint density at radius 3 is 2.38 bits per heavy atom. The van der Waals surface area contributed by atoms with Crippen LogP contribution in [0.2, 0.25) is 0 Å². The van der Waals surface area contributed by atoms with Gasteiger partial charge in [-0.25, -0.2) is 4.39 Å². The summed E-state index contributed by atoms with van der Waals surface area (Å²) in [4.78, 5) is 17.0. The molecule has 1 aliphatic rings. The van der Waals surface area contributed by atoms with E-state index in [1.807, 2.05) is 40.7 Å². The van der Waals surface area contributed by atoms with Crippen LogP contribution in [-0.4, -0.2) is 44.7 Å². The maximum atomic E-state index is 12.1. The molecule has 1 aromatic rings. The molecule has 39 heavy (non-hydrogen) atoms. The van der Waals surface area contributed by atoms with Crippen LogP contribution in [0.1, 0.15) is 90.3 Å². The topological polar surface area (TPSA) is 59.9 Å². The molecule has 0 bridgehead atoms. The molecular formula is C32H54ClFN2O3. The summed E-state index contributed by atoms with van der Waals surface area (Å²) in [6.45, 7) is 20.8. The number of allylic oxidation sites excluding steroid dienone is 2. The molecule has 1 saturated carbocycles. The Morgan fingerprint density at radius 2 is 1.87 bits per heavy atom. The van der Waals surface area contributed by atoms with E-state index in [0.29, 0.717) is 32.1 Å². The van der Waals surface area contributed by atoms with E-state index >= 15 is 0 Å². The number of hydrogen-bond donors (Lipinski definition) is 1. The van der Waals surface area contributed by atoms with Crippen LogP contribution >= 0.6 is 11.6 Å². The number of hydrogen-bond acceptors (Lipinski definition) is 4. The molecule has 224 valence electrons. The van der Waals surface area contributed by atoms with Crippen molar-refractivity contribution in [3.05, 3.63) is 52.6 Å². The number of carbonyl (C=O) groups is 1. The smallest absolute Gasteiger partial charge is 0.224 e. The lowest BCUT2D eigenvalue weighted by Gasteiger charge is -2.31. The summed E-state index contributed by atoms with van der Waals surface area (Å²) >= 11 is 5.98. The van der Waals surface area contributed by atoms with Crippen molar-refractivity contribution in [2.24, 2.45) is 10.9 Å². The van der Waals surface area contributed by atoms with Crippen LogP contribution in [0.3, 0.4) is 0 Å². The summed E-state index contributed by atoms with van der Waals surface area (Å²) in [6, 6.07) is 4.27. The van der Waals surface area contributed by atoms with Gasteiger partial charge in [0, 0.05) is 30.3 Å². The van der Waals surface area contributed by atoms with Crippen molar-refractivity contribution in [3.8, 4) is 5.75 Å². The van der Waals surface area contributed by atoms with Crippen LogP contribution in [0.15, 0.2) is 40.9 Å². The van der Waals surface area contributed by atoms with E-state index in [0.717, 1.165) is 42.0 Å². The van der Waals surface area contributed by atoms with Crippen molar-refractivity contribution in [2.45, 2.75) is 100 Å². The van der Waals surface area contributed by atoms with Gasteiger partial charge in [-0.15, -0.1) is 6.58 Å². The number of amides is 1. The van der Waals surface area contributed by atoms with Gasteiger partial charge in [-0.1, -0.05) is 64.4 Å². The molecule has 7 heteroatoms. The molecule has 0 spiro atoms. The number of carbonyl (C=O) groups excluding carboxylic acids is 1. The minimum atomic E-state index is -0.417. The highest BCUT2D eigenvalue weighted by Crippen LogP contribution is 2.30. The fourth-order valence-corrected chi connectivity index (χ4v) is 3.79. The van der Waals surface area contributed by atoms with Gasteiger partial charge in [-0.05, 0) is 75.1 Å². The van der Waals surface area contributed by atoms with E-state index in [2.05, 4.69) is 38.7 Å². The van der Waals surface area contributed by atoms with Gasteiger partial charge in [-0.3, -0.25) is 9.79 Å². The molecule has 0 aromatic heterocycles. The minimum Gasteiger partial charge on any atom is -0.491 e. The van der Waals surface area contributed by atoms with E-state index in [-0.39, 0.29) is 11.9 Å². The fraction of sp³-hybridized carbons (Fsp3) is 0.625. The Kier molecular flexibility index (Phi) is 24.8. The standard InChI is InChI=1S/C25H37ClN2O3.C3H5F.2C2H6/c1-6-22(26)9-12-25(29)28-17(2)15-20-7-10-23(20)27-16-21-8-11-24(19(4)18(21)3)31-14-13-30-5;1-2-3-4;2*1-2/h8-9,11,17,20H,6-7,10,12-16H2,1-5H3,(H,28,29);2H,1,3H2;2*1-2H3/b22-9-,27-23?;;;. The number of aliphatic imine (C=N–C) groups is 1. The molecule has 1 aliphatic carbocycles. The van der Waals surface area contributed by atoms with Crippen LogP contribution < -0.4 is 10.1 Å². The van der Waals surface area contributed by atoms with Gasteiger partial charge in [0.25, 0.3) is 0 Å². The third-order valence-corrected chi connectivity index (χ3v) is 6.49. The molecule has 1 amide bonds. The Hall–Kier alpha value is -2.18. The quantitative estimate of drug-likeness (QED) is 0.191. The number of nitrogens with one attached hydrogen (secondary N) is 1. The summed E-state index contributed by atoms with van der Waals surface area (Å²) in [6.07, 6.45) is 7.22. The number of rotatable bonds is 13. The van der Waals surface area contributed by atoms with Crippen molar-refractivity contribution in [2.75, 3.05) is 27.0 Å². The van der Waals surface area contributed by atoms with Gasteiger partial charge in [-0.2, -0.15) is 0 Å². The predicted molar refractivity (Wildman–Crippen MR) is 167 cm³/mol. The van der Waals surface area contributed by atoms with Gasteiger partial charge in [0.05, 0.1) is 13.2 Å². The zero-order valence-electron chi connectivity index (χ0n) is 26.0. The van der Waals surface area contributed by atoms with E-state index in [4.69, 9.17) is 26.1 Å². The molecule has 1 aromatic carbocycles. The van der Waals surface area contributed by atoms with Crippen molar-refractivity contribution in [3.63, 3.8) is 0 Å². The van der Waals surface area contributed by atoms with Crippen molar-refractivity contribution in [1.82, 2.24) is 5.32 Å². The van der Waals surface area contributed by atoms with Crippen LogP contribution in [0.25, 0.3) is 0 Å². The van der Waals surface area contributed by atoms with Gasteiger partial charge < -0.3 is 14.8 Å². The Balaban J connectivity index is 0. The number of alkyl halides is 1. The average Bonchev–Trinajstić information content (AvgIpc) is 2.95. The molecule has 0 saturated heterocycles. The van der Waals surface area contributed by atoms with Gasteiger partial charge >= 0.3 is 0 Å². The van der Waals surface area contributed by atoms with Gasteiger partial charge in [0.1, 0.15) is 19.0 Å². The second kappa shape index (κ2) is 24.8. The monoisotopic (exact) mass is 568 g/mol. The number of ether oxygens (including phenoxy) is 2. The molecule has 1 fully saturated rings. The lowest BCUT2D eigenvalue weighted by molar-refractivity contribution is -0.120. The highest BCUT2D eigenvalue weighted by Gasteiger charge is 2.27. The second-order valence-electron chi connectivity index (χ2n) is 8.71. The number of benzene rings is 1. The second-order valence-corrected chi connectivity index (χ2v) is 9.20. The van der Waals surface area contributed by atoms with E-state index in [9.17, 15) is 9.18 Å². The maximum Gasteiger partial charge on any atom is 0.224 e. The van der Waals surface area contributed by atoms with Crippen LogP contribution in [0.4, 0.5) is 4.39 Å². The lowest BCUT2D eigenvalue weighted by atomic mass is 9.78. The highest BCUT2D eigenvalue weighted by molar-refractivity contribution is 6.29. The average molecular weight is 569 g/mol. The fourth-order valence-electron chi connectivity index (χ4n) is 3.71. The van der Waals surface area contributed by atoms with E-state index in [1.54, 1.807) is 13.2 Å². The molecule has 0 heterocycles. The molecule has 1 N–H and O–H groups in total. The number of methoxy groups -OCH3 is 1. The van der Waals surface area contributed by atoms with Crippen LogP contribution in [0, 0.1) is 19.8 Å². The normalized spacial score (nSPS) is 15.7. The SMILES string of the molecule is C=CCF.CC.CC.CC/C(Cl)=C/CC(=O)NC(C)CC1CCC1=NCc1ccc(OCCOC)c(C)c1C. The summed E-state index contributed by atoms with van der Waals surface area (Å²) in [5, 5.41) is 3.81. The lowest BCUT2D eigenvalue weighted by Crippen LogP contribution is -2.38. The molecule has 0 aliphatic heterocycles. The van der Waals surface area contributed by atoms with E-state index in [1.165, 1.54) is 22.9 Å². The van der Waals surface area contributed by atoms with Crippen molar-refractivity contribution >= 4 is 23.2 Å². The van der Waals surface area contributed by atoms with Crippen molar-refractivity contribution < 1.29 is 18.7 Å². The molecule has 2 unspecified atom stereocenters. The number of halogens is 2. The highest BCUT2D eigenvalue weighted by atomic mass is 35.5. The minimum absolute atomic E-state index is 0.0239. The van der Waals surface area contributed by atoms with Crippen LogP contribution in [-0.2, 0) is 16.1 Å². The summed E-state index contributed by atoms with van der Waals surface area (Å²) in [5.41, 5.74) is 4.89. The molecule has 0 radical (unpaired) electrons. The summed E-state index contributed by atoms with van der Waals surface area (Å²) in [5.74, 6) is 1.39. The number of nitrogens with zero attached hydrogens (tertiary/aromatic N) is 1. The molecule has 2 atom stereocenters. The third-order valence-electron chi connectivity index (χ3n) is 6.07. The zero-order valence-corrected chi connectivity index (χ0v) is 26.7. The zero-order chi connectivity index (χ0) is 30.2. The first-order valence-corrected chi connectivity index (χ1v) is 14.7. The van der Waals surface area contributed by atoms with Crippen molar-refractivity contribution in [1.29, 1.82) is 0 Å². The molecule has 2 rings (SSSR count).